The summed E-state index contributed by atoms with van der Waals surface area (Å²) >= 11 is 0. The van der Waals surface area contributed by atoms with Gasteiger partial charge in [0.25, 0.3) is 0 Å². The molecular weight excluding hydrogens is 560 g/mol. The van der Waals surface area contributed by atoms with Gasteiger partial charge in [-0.15, -0.1) is 0 Å². The summed E-state index contributed by atoms with van der Waals surface area (Å²) < 4.78 is 11.4. The molecule has 0 atom stereocenters. The first-order chi connectivity index (χ1) is 22.3. The van der Waals surface area contributed by atoms with Crippen LogP contribution in [0.5, 0.6) is 0 Å². The van der Waals surface area contributed by atoms with Gasteiger partial charge in [-0.25, -0.2) is 0 Å². The maximum absolute atomic E-state index is 6.59. The third-order valence-corrected chi connectivity index (χ3v) is 9.33. The van der Waals surface area contributed by atoms with Gasteiger partial charge < -0.3 is 13.6 Å². The Labute approximate surface area is 266 Å². The van der Waals surface area contributed by atoms with E-state index < -0.39 is 0 Å². The minimum Gasteiger partial charge on any atom is -0.454 e. The number of para-hydroxylation sites is 3. The Morgan fingerprint density at radius 2 is 0.935 bits per heavy atom. The number of hydrogen-bond acceptors (Lipinski definition) is 1. The Morgan fingerprint density at radius 1 is 0.370 bits per heavy atom. The number of rotatable bonds is 3. The highest BCUT2D eigenvalue weighted by molar-refractivity contribution is 6.21. The van der Waals surface area contributed by atoms with Crippen LogP contribution in [0.3, 0.4) is 0 Å². The third-order valence-electron chi connectivity index (χ3n) is 9.33. The highest BCUT2D eigenvalue weighted by Gasteiger charge is 2.20. The first-order valence-corrected chi connectivity index (χ1v) is 15.4. The molecule has 3 heteroatoms. The molecule has 0 radical (unpaired) electrons. The van der Waals surface area contributed by atoms with Crippen molar-refractivity contribution in [2.45, 2.75) is 7.43 Å². The van der Waals surface area contributed by atoms with Crippen LogP contribution in [-0.2, 0) is 0 Å². The summed E-state index contributed by atoms with van der Waals surface area (Å²) in [5.74, 6) is 0. The SMILES string of the molecule is C.c1ccc(-c2ccc(-n3c4ccccc4c4cc(-n5c6ccccc6c6ccc7c8ccccc8oc7c65)ccc43)cc2)cc1. The Bertz CT molecular complexity index is 2740. The molecule has 0 amide bonds. The molecule has 0 aliphatic carbocycles. The highest BCUT2D eigenvalue weighted by atomic mass is 16.3. The molecular formula is C43H30N2O. The van der Waals surface area contributed by atoms with Crippen LogP contribution in [0.15, 0.2) is 162 Å². The maximum atomic E-state index is 6.59. The van der Waals surface area contributed by atoms with E-state index in [4.69, 9.17) is 4.42 Å². The second kappa shape index (κ2) is 9.98. The Kier molecular flexibility index (Phi) is 5.72. The highest BCUT2D eigenvalue weighted by Crippen LogP contribution is 2.41. The quantitative estimate of drug-likeness (QED) is 0.201. The van der Waals surface area contributed by atoms with Crippen LogP contribution in [-0.4, -0.2) is 9.13 Å². The summed E-state index contributed by atoms with van der Waals surface area (Å²) in [7, 11) is 0. The van der Waals surface area contributed by atoms with Crippen molar-refractivity contribution in [1.29, 1.82) is 0 Å². The van der Waals surface area contributed by atoms with E-state index in [1.165, 1.54) is 49.2 Å². The molecule has 3 nitrogen and oxygen atoms in total. The predicted molar refractivity (Wildman–Crippen MR) is 195 cm³/mol. The minimum atomic E-state index is 0. The number of nitrogens with zero attached hydrogens (tertiary/aromatic N) is 2. The molecule has 10 rings (SSSR count). The lowest BCUT2D eigenvalue weighted by atomic mass is 10.1. The van der Waals surface area contributed by atoms with Crippen LogP contribution in [0, 0.1) is 0 Å². The maximum Gasteiger partial charge on any atom is 0.160 e. The molecule has 218 valence electrons. The zero-order chi connectivity index (χ0) is 29.5. The molecule has 0 N–H and O–H groups in total. The zero-order valence-electron chi connectivity index (χ0n) is 24.3. The van der Waals surface area contributed by atoms with Gasteiger partial charge in [-0.3, -0.25) is 0 Å². The summed E-state index contributed by atoms with van der Waals surface area (Å²) in [6.07, 6.45) is 0. The largest absolute Gasteiger partial charge is 0.454 e. The average Bonchev–Trinajstić information content (AvgIpc) is 3.76. The van der Waals surface area contributed by atoms with Crippen molar-refractivity contribution in [3.63, 3.8) is 0 Å². The van der Waals surface area contributed by atoms with Gasteiger partial charge in [0.15, 0.2) is 5.58 Å². The smallest absolute Gasteiger partial charge is 0.160 e. The van der Waals surface area contributed by atoms with Crippen molar-refractivity contribution in [2.24, 2.45) is 0 Å². The lowest BCUT2D eigenvalue weighted by Gasteiger charge is -2.11. The number of fused-ring (bicyclic) bond motifs is 10. The summed E-state index contributed by atoms with van der Waals surface area (Å²) in [5, 5.41) is 7.14. The Balaban J connectivity index is 0.00000292. The molecule has 10 aromatic rings. The topological polar surface area (TPSA) is 23.0 Å². The van der Waals surface area contributed by atoms with E-state index in [0.717, 1.165) is 38.8 Å². The van der Waals surface area contributed by atoms with Gasteiger partial charge in [0.2, 0.25) is 0 Å². The normalized spacial score (nSPS) is 11.7. The van der Waals surface area contributed by atoms with E-state index in [9.17, 15) is 0 Å². The van der Waals surface area contributed by atoms with E-state index in [1.54, 1.807) is 0 Å². The van der Waals surface area contributed by atoms with Crippen molar-refractivity contribution < 1.29 is 4.42 Å². The fourth-order valence-electron chi connectivity index (χ4n) is 7.31. The first-order valence-electron chi connectivity index (χ1n) is 15.4. The number of benzene rings is 7. The van der Waals surface area contributed by atoms with Crippen molar-refractivity contribution in [1.82, 2.24) is 9.13 Å². The molecule has 0 saturated carbocycles. The van der Waals surface area contributed by atoms with Crippen LogP contribution in [0.1, 0.15) is 7.43 Å². The van der Waals surface area contributed by atoms with Gasteiger partial charge in [-0.05, 0) is 65.7 Å². The van der Waals surface area contributed by atoms with Crippen LogP contribution in [0.2, 0.25) is 0 Å². The van der Waals surface area contributed by atoms with Gasteiger partial charge in [-0.2, -0.15) is 0 Å². The summed E-state index contributed by atoms with van der Waals surface area (Å²) in [4.78, 5) is 0. The summed E-state index contributed by atoms with van der Waals surface area (Å²) in [6.45, 7) is 0. The Morgan fingerprint density at radius 3 is 1.72 bits per heavy atom. The average molecular weight is 591 g/mol. The standard InChI is InChI=1S/C42H26N2O.CH4/c1-2-10-27(11-3-1)28-18-20-29(21-19-28)43-37-15-7-5-13-32(37)36-26-30(22-25-39(36)43)44-38-16-8-4-12-31(38)34-23-24-35-33-14-6-9-17-40(33)45-42(35)41(34)44;/h1-26H;1H4. The van der Waals surface area contributed by atoms with E-state index in [1.807, 2.05) is 6.07 Å². The van der Waals surface area contributed by atoms with Crippen LogP contribution < -0.4 is 0 Å². The monoisotopic (exact) mass is 590 g/mol. The minimum absolute atomic E-state index is 0. The molecule has 3 aromatic heterocycles. The molecule has 0 bridgehead atoms. The molecule has 0 spiro atoms. The lowest BCUT2D eigenvalue weighted by Crippen LogP contribution is -1.96. The van der Waals surface area contributed by atoms with Crippen molar-refractivity contribution >= 4 is 65.6 Å². The molecule has 0 fully saturated rings. The number of furan rings is 1. The van der Waals surface area contributed by atoms with Crippen molar-refractivity contribution in [3.8, 4) is 22.5 Å². The predicted octanol–water partition coefficient (Wildman–Crippen LogP) is 12.1. The number of hydrogen-bond donors (Lipinski definition) is 0. The second-order valence-corrected chi connectivity index (χ2v) is 11.8. The molecule has 0 saturated heterocycles. The third kappa shape index (κ3) is 3.66. The second-order valence-electron chi connectivity index (χ2n) is 11.8. The zero-order valence-corrected chi connectivity index (χ0v) is 24.3. The summed E-state index contributed by atoms with van der Waals surface area (Å²) in [6, 6.07) is 56.5. The van der Waals surface area contributed by atoms with Crippen molar-refractivity contribution in [2.75, 3.05) is 0 Å². The van der Waals surface area contributed by atoms with Gasteiger partial charge >= 0.3 is 0 Å². The first kappa shape index (κ1) is 26.4. The van der Waals surface area contributed by atoms with Gasteiger partial charge in [0.1, 0.15) is 5.58 Å². The summed E-state index contributed by atoms with van der Waals surface area (Å²) in [5.41, 5.74) is 11.2. The van der Waals surface area contributed by atoms with Crippen molar-refractivity contribution in [3.05, 3.63) is 158 Å². The molecule has 0 aliphatic rings. The molecule has 3 heterocycles. The molecule has 0 aliphatic heterocycles. The number of aromatic nitrogens is 2. The molecule has 7 aromatic carbocycles. The lowest BCUT2D eigenvalue weighted by molar-refractivity contribution is 0.671. The van der Waals surface area contributed by atoms with E-state index >= 15 is 0 Å². The van der Waals surface area contributed by atoms with E-state index in [0.29, 0.717) is 0 Å². The van der Waals surface area contributed by atoms with Gasteiger partial charge in [0.05, 0.1) is 22.1 Å². The fraction of sp³-hybridized carbons (Fsp3) is 0.0233. The van der Waals surface area contributed by atoms with E-state index in [-0.39, 0.29) is 7.43 Å². The van der Waals surface area contributed by atoms with Gasteiger partial charge in [-0.1, -0.05) is 111 Å². The molecule has 0 unspecified atom stereocenters. The van der Waals surface area contributed by atoms with Crippen LogP contribution in [0.25, 0.3) is 88.1 Å². The van der Waals surface area contributed by atoms with Crippen LogP contribution in [0.4, 0.5) is 0 Å². The van der Waals surface area contributed by atoms with E-state index in [2.05, 4.69) is 161 Å². The molecule has 46 heavy (non-hydrogen) atoms. The van der Waals surface area contributed by atoms with Gasteiger partial charge in [0, 0.05) is 43.7 Å². The Hall–Kier alpha value is -6.06. The van der Waals surface area contributed by atoms with Crippen LogP contribution >= 0.6 is 0 Å². The fourth-order valence-corrected chi connectivity index (χ4v) is 7.31.